The maximum Gasteiger partial charge on any atom is 0.248 e. The molecule has 1 aliphatic heterocycles. The second kappa shape index (κ2) is 7.88. The standard InChI is InChI=1S/C21H28N2OS/c24-21-14-18(8-11-22-21)16-9-12-23(13-10-16)15-19-6-7-20(25-19)17-4-2-1-3-5-17/h6-8,11,14,16-17H,1-5,9-10,12-13,15H2,(H,22,24). The molecule has 2 aliphatic rings. The molecule has 4 heteroatoms. The van der Waals surface area contributed by atoms with Crippen molar-refractivity contribution in [1.82, 2.24) is 9.88 Å². The second-order valence-corrected chi connectivity index (χ2v) is 8.88. The summed E-state index contributed by atoms with van der Waals surface area (Å²) in [7, 11) is 0. The van der Waals surface area contributed by atoms with Gasteiger partial charge in [0.05, 0.1) is 0 Å². The van der Waals surface area contributed by atoms with Gasteiger partial charge in [-0.05, 0) is 74.4 Å². The van der Waals surface area contributed by atoms with Crippen molar-refractivity contribution in [3.05, 3.63) is 56.1 Å². The van der Waals surface area contributed by atoms with Crippen molar-refractivity contribution in [3.8, 4) is 0 Å². The first-order valence-electron chi connectivity index (χ1n) is 9.77. The molecular weight excluding hydrogens is 328 g/mol. The van der Waals surface area contributed by atoms with Crippen molar-refractivity contribution in [3.63, 3.8) is 0 Å². The van der Waals surface area contributed by atoms with E-state index in [0.29, 0.717) is 5.92 Å². The minimum atomic E-state index is 0.0220. The quantitative estimate of drug-likeness (QED) is 0.849. The molecule has 0 unspecified atom stereocenters. The van der Waals surface area contributed by atoms with E-state index in [4.69, 9.17) is 0 Å². The van der Waals surface area contributed by atoms with Crippen LogP contribution in [0.2, 0.25) is 0 Å². The summed E-state index contributed by atoms with van der Waals surface area (Å²) in [6.45, 7) is 3.36. The fourth-order valence-electron chi connectivity index (χ4n) is 4.45. The molecule has 25 heavy (non-hydrogen) atoms. The van der Waals surface area contributed by atoms with E-state index >= 15 is 0 Å². The van der Waals surface area contributed by atoms with Crippen molar-refractivity contribution >= 4 is 11.3 Å². The minimum absolute atomic E-state index is 0.0220. The van der Waals surface area contributed by atoms with Crippen LogP contribution in [0.3, 0.4) is 0 Å². The summed E-state index contributed by atoms with van der Waals surface area (Å²) in [4.78, 5) is 19.9. The fourth-order valence-corrected chi connectivity index (χ4v) is 5.67. The topological polar surface area (TPSA) is 36.1 Å². The monoisotopic (exact) mass is 356 g/mol. The van der Waals surface area contributed by atoms with Crippen molar-refractivity contribution in [2.45, 2.75) is 63.3 Å². The van der Waals surface area contributed by atoms with Crippen LogP contribution >= 0.6 is 11.3 Å². The first-order valence-corrected chi connectivity index (χ1v) is 10.6. The highest BCUT2D eigenvalue weighted by Gasteiger charge is 2.22. The highest BCUT2D eigenvalue weighted by atomic mass is 32.1. The van der Waals surface area contributed by atoms with E-state index in [9.17, 15) is 4.79 Å². The molecule has 1 saturated heterocycles. The molecule has 4 rings (SSSR count). The van der Waals surface area contributed by atoms with Crippen LogP contribution in [-0.2, 0) is 6.54 Å². The highest BCUT2D eigenvalue weighted by Crippen LogP contribution is 2.37. The van der Waals surface area contributed by atoms with E-state index in [1.54, 1.807) is 17.1 Å². The number of likely N-dealkylation sites (tertiary alicyclic amines) is 1. The van der Waals surface area contributed by atoms with Crippen molar-refractivity contribution in [1.29, 1.82) is 0 Å². The van der Waals surface area contributed by atoms with E-state index in [1.165, 1.54) is 42.5 Å². The number of aromatic amines is 1. The molecule has 3 heterocycles. The molecule has 0 radical (unpaired) electrons. The third kappa shape index (κ3) is 4.24. The van der Waals surface area contributed by atoms with Gasteiger partial charge < -0.3 is 4.98 Å². The van der Waals surface area contributed by atoms with Crippen molar-refractivity contribution in [2.24, 2.45) is 0 Å². The van der Waals surface area contributed by atoms with Crippen molar-refractivity contribution in [2.75, 3.05) is 13.1 Å². The smallest absolute Gasteiger partial charge is 0.248 e. The lowest BCUT2D eigenvalue weighted by Crippen LogP contribution is -2.32. The normalized spacial score (nSPS) is 20.8. The van der Waals surface area contributed by atoms with E-state index < -0.39 is 0 Å². The maximum absolute atomic E-state index is 11.5. The lowest BCUT2D eigenvalue weighted by Gasteiger charge is -2.31. The van der Waals surface area contributed by atoms with Crippen molar-refractivity contribution < 1.29 is 0 Å². The number of thiophene rings is 1. The fraction of sp³-hybridized carbons (Fsp3) is 0.571. The molecule has 0 aromatic carbocycles. The molecule has 1 N–H and O–H groups in total. The number of hydrogen-bond acceptors (Lipinski definition) is 3. The van der Waals surface area contributed by atoms with Crippen LogP contribution in [0.25, 0.3) is 0 Å². The van der Waals surface area contributed by atoms with Gasteiger partial charge in [0.15, 0.2) is 0 Å². The molecule has 1 aliphatic carbocycles. The van der Waals surface area contributed by atoms with Crippen LogP contribution < -0.4 is 5.56 Å². The number of pyridine rings is 1. The summed E-state index contributed by atoms with van der Waals surface area (Å²) in [5.74, 6) is 1.37. The van der Waals surface area contributed by atoms with E-state index in [-0.39, 0.29) is 5.56 Å². The molecule has 0 bridgehead atoms. The Kier molecular flexibility index (Phi) is 5.37. The van der Waals surface area contributed by atoms with Gasteiger partial charge in [-0.1, -0.05) is 19.3 Å². The molecule has 0 spiro atoms. The van der Waals surface area contributed by atoms with Crippen LogP contribution in [0.4, 0.5) is 0 Å². The molecule has 0 atom stereocenters. The third-order valence-electron chi connectivity index (χ3n) is 5.93. The number of rotatable bonds is 4. The number of H-pyrrole nitrogens is 1. The van der Waals surface area contributed by atoms with Gasteiger partial charge in [0, 0.05) is 28.6 Å². The van der Waals surface area contributed by atoms with Crippen LogP contribution in [-0.4, -0.2) is 23.0 Å². The second-order valence-electron chi connectivity index (χ2n) is 7.68. The van der Waals surface area contributed by atoms with E-state index in [2.05, 4.69) is 28.1 Å². The zero-order valence-corrected chi connectivity index (χ0v) is 15.7. The Bertz CT molecular complexity index is 736. The lowest BCUT2D eigenvalue weighted by molar-refractivity contribution is 0.206. The molecule has 134 valence electrons. The predicted molar refractivity (Wildman–Crippen MR) is 104 cm³/mol. The molecule has 2 aromatic rings. The molecule has 2 aromatic heterocycles. The van der Waals surface area contributed by atoms with Gasteiger partial charge in [0.2, 0.25) is 5.56 Å². The number of hydrogen-bond donors (Lipinski definition) is 1. The Hall–Kier alpha value is -1.39. The summed E-state index contributed by atoms with van der Waals surface area (Å²) in [5.41, 5.74) is 1.23. The summed E-state index contributed by atoms with van der Waals surface area (Å²) >= 11 is 2.05. The van der Waals surface area contributed by atoms with E-state index in [1.807, 2.05) is 11.3 Å². The van der Waals surface area contributed by atoms with E-state index in [0.717, 1.165) is 38.4 Å². The summed E-state index contributed by atoms with van der Waals surface area (Å²) < 4.78 is 0. The van der Waals surface area contributed by atoms with Gasteiger partial charge in [-0.15, -0.1) is 11.3 Å². The third-order valence-corrected chi connectivity index (χ3v) is 7.16. The Morgan fingerprint density at radius 2 is 1.80 bits per heavy atom. The van der Waals surface area contributed by atoms with Crippen LogP contribution in [0.1, 0.15) is 72.1 Å². The summed E-state index contributed by atoms with van der Waals surface area (Å²) in [6, 6.07) is 8.59. The van der Waals surface area contributed by atoms with Gasteiger partial charge in [-0.25, -0.2) is 0 Å². The highest BCUT2D eigenvalue weighted by molar-refractivity contribution is 7.12. The Morgan fingerprint density at radius 3 is 2.56 bits per heavy atom. The molecular formula is C21H28N2OS. The Balaban J connectivity index is 1.31. The van der Waals surface area contributed by atoms with Gasteiger partial charge in [-0.2, -0.15) is 0 Å². The minimum Gasteiger partial charge on any atom is -0.329 e. The van der Waals surface area contributed by atoms with Crippen LogP contribution in [0.5, 0.6) is 0 Å². The number of nitrogens with zero attached hydrogens (tertiary/aromatic N) is 1. The van der Waals surface area contributed by atoms with Crippen LogP contribution in [0.15, 0.2) is 35.3 Å². The molecule has 3 nitrogen and oxygen atoms in total. The number of nitrogens with one attached hydrogen (secondary N) is 1. The number of piperidine rings is 1. The Labute approximate surface area is 154 Å². The van der Waals surface area contributed by atoms with Crippen LogP contribution in [0, 0.1) is 0 Å². The SMILES string of the molecule is O=c1cc(C2CCN(Cc3ccc(C4CCCCC4)s3)CC2)cc[nH]1. The lowest BCUT2D eigenvalue weighted by atomic mass is 9.88. The van der Waals surface area contributed by atoms with Gasteiger partial charge in [0.1, 0.15) is 0 Å². The number of aromatic nitrogens is 1. The maximum atomic E-state index is 11.5. The largest absolute Gasteiger partial charge is 0.329 e. The van der Waals surface area contributed by atoms with Gasteiger partial charge >= 0.3 is 0 Å². The van der Waals surface area contributed by atoms with Gasteiger partial charge in [-0.3, -0.25) is 9.69 Å². The zero-order chi connectivity index (χ0) is 17.1. The molecule has 2 fully saturated rings. The molecule has 0 amide bonds. The molecule has 1 saturated carbocycles. The van der Waals surface area contributed by atoms with Gasteiger partial charge in [0.25, 0.3) is 0 Å². The average molecular weight is 357 g/mol. The Morgan fingerprint density at radius 1 is 1.00 bits per heavy atom. The summed E-state index contributed by atoms with van der Waals surface area (Å²) in [5, 5.41) is 0. The average Bonchev–Trinajstić information content (AvgIpc) is 3.12. The zero-order valence-electron chi connectivity index (χ0n) is 14.9. The summed E-state index contributed by atoms with van der Waals surface area (Å²) in [6.07, 6.45) is 11.1. The first-order chi connectivity index (χ1) is 12.3. The predicted octanol–water partition coefficient (Wildman–Crippen LogP) is 4.86. The first kappa shape index (κ1) is 17.0.